The molecule has 0 atom stereocenters. The van der Waals surface area contributed by atoms with Crippen molar-refractivity contribution in [3.63, 3.8) is 0 Å². The van der Waals surface area contributed by atoms with Gasteiger partial charge in [0.15, 0.2) is 0 Å². The van der Waals surface area contributed by atoms with Gasteiger partial charge in [0.1, 0.15) is 0 Å². The second kappa shape index (κ2) is 7.55. The van der Waals surface area contributed by atoms with E-state index in [-0.39, 0.29) is 5.91 Å². The first-order chi connectivity index (χ1) is 5.68. The summed E-state index contributed by atoms with van der Waals surface area (Å²) in [7, 11) is 0. The number of nitrogens with zero attached hydrogens (tertiary/aromatic N) is 1. The summed E-state index contributed by atoms with van der Waals surface area (Å²) in [4.78, 5) is 10.8. The Balaban J connectivity index is 3.14. The molecule has 3 nitrogen and oxygen atoms in total. The molecule has 0 aromatic carbocycles. The lowest BCUT2D eigenvalue weighted by Crippen LogP contribution is -2.15. The molecule has 0 unspecified atom stereocenters. The van der Waals surface area contributed by atoms with Gasteiger partial charge in [-0.2, -0.15) is 4.09 Å². The van der Waals surface area contributed by atoms with Crippen molar-refractivity contribution in [2.75, 3.05) is 0 Å². The molecular formula is C8H16BrNO2. The average molecular weight is 238 g/mol. The monoisotopic (exact) mass is 237 g/mol. The van der Waals surface area contributed by atoms with E-state index in [1.807, 2.05) is 0 Å². The van der Waals surface area contributed by atoms with E-state index in [1.54, 1.807) is 0 Å². The van der Waals surface area contributed by atoms with Crippen LogP contribution in [0.15, 0.2) is 0 Å². The van der Waals surface area contributed by atoms with Gasteiger partial charge in [0.2, 0.25) is 0 Å². The fourth-order valence-electron chi connectivity index (χ4n) is 0.972. The lowest BCUT2D eigenvalue weighted by atomic mass is 10.1. The molecule has 0 aromatic rings. The Bertz CT molecular complexity index is 128. The van der Waals surface area contributed by atoms with Gasteiger partial charge in [0.25, 0.3) is 5.91 Å². The van der Waals surface area contributed by atoms with E-state index in [0.29, 0.717) is 10.5 Å². The van der Waals surface area contributed by atoms with E-state index in [0.717, 1.165) is 12.8 Å². The number of unbranched alkanes of at least 4 members (excludes halogenated alkanes) is 4. The Morgan fingerprint density at radius 1 is 1.33 bits per heavy atom. The van der Waals surface area contributed by atoms with Gasteiger partial charge in [-0.3, -0.25) is 10.0 Å². The third kappa shape index (κ3) is 6.61. The number of halogens is 1. The van der Waals surface area contributed by atoms with Crippen molar-refractivity contribution < 1.29 is 10.0 Å². The highest BCUT2D eigenvalue weighted by molar-refractivity contribution is 9.07. The van der Waals surface area contributed by atoms with Crippen molar-refractivity contribution >= 4 is 22.1 Å². The lowest BCUT2D eigenvalue weighted by Gasteiger charge is -2.04. The van der Waals surface area contributed by atoms with Crippen LogP contribution in [0.25, 0.3) is 0 Å². The minimum atomic E-state index is -0.272. The van der Waals surface area contributed by atoms with E-state index >= 15 is 0 Å². The van der Waals surface area contributed by atoms with Crippen LogP contribution in [0.1, 0.15) is 45.4 Å². The lowest BCUT2D eigenvalue weighted by molar-refractivity contribution is -0.143. The molecule has 0 saturated heterocycles. The molecule has 0 fully saturated rings. The maximum Gasteiger partial charge on any atom is 0.256 e. The Morgan fingerprint density at radius 3 is 2.42 bits per heavy atom. The first-order valence-electron chi connectivity index (χ1n) is 4.36. The number of carbonyl (C=O) groups excluding carboxylic acids is 1. The van der Waals surface area contributed by atoms with Crippen LogP contribution in [0.5, 0.6) is 0 Å². The Morgan fingerprint density at radius 2 is 1.92 bits per heavy atom. The number of rotatable bonds is 6. The van der Waals surface area contributed by atoms with Crippen LogP contribution in [0.4, 0.5) is 0 Å². The smallest absolute Gasteiger partial charge is 0.256 e. The van der Waals surface area contributed by atoms with Crippen LogP contribution >= 0.6 is 16.1 Å². The molecule has 1 amide bonds. The van der Waals surface area contributed by atoms with Gasteiger partial charge in [-0.05, 0) is 6.42 Å². The molecule has 0 spiro atoms. The molecule has 0 aliphatic rings. The second-order valence-electron chi connectivity index (χ2n) is 2.82. The van der Waals surface area contributed by atoms with Crippen molar-refractivity contribution in [1.82, 2.24) is 4.09 Å². The minimum Gasteiger partial charge on any atom is -0.275 e. The van der Waals surface area contributed by atoms with Gasteiger partial charge < -0.3 is 0 Å². The summed E-state index contributed by atoms with van der Waals surface area (Å²) < 4.78 is 0.479. The fourth-order valence-corrected chi connectivity index (χ4v) is 1.15. The molecule has 1 N–H and O–H groups in total. The van der Waals surface area contributed by atoms with E-state index in [2.05, 4.69) is 23.1 Å². The molecule has 72 valence electrons. The summed E-state index contributed by atoms with van der Waals surface area (Å²) in [6.45, 7) is 2.15. The molecule has 0 bridgehead atoms. The van der Waals surface area contributed by atoms with Crippen LogP contribution in [0.2, 0.25) is 0 Å². The van der Waals surface area contributed by atoms with Crippen LogP contribution < -0.4 is 0 Å². The Kier molecular flexibility index (Phi) is 7.50. The van der Waals surface area contributed by atoms with Crippen molar-refractivity contribution in [3.05, 3.63) is 0 Å². The van der Waals surface area contributed by atoms with Gasteiger partial charge >= 0.3 is 0 Å². The highest BCUT2D eigenvalue weighted by Crippen LogP contribution is 2.07. The van der Waals surface area contributed by atoms with Crippen LogP contribution in [0.3, 0.4) is 0 Å². The highest BCUT2D eigenvalue weighted by Gasteiger charge is 2.05. The van der Waals surface area contributed by atoms with Crippen LogP contribution in [0, 0.1) is 0 Å². The van der Waals surface area contributed by atoms with E-state index in [9.17, 15) is 4.79 Å². The normalized spacial score (nSPS) is 9.92. The average Bonchev–Trinajstić information content (AvgIpc) is 2.03. The fraction of sp³-hybridized carbons (Fsp3) is 0.875. The first-order valence-corrected chi connectivity index (χ1v) is 5.07. The van der Waals surface area contributed by atoms with Gasteiger partial charge in [0, 0.05) is 6.42 Å². The summed E-state index contributed by atoms with van der Waals surface area (Å²) in [5.41, 5.74) is 0. The summed E-state index contributed by atoms with van der Waals surface area (Å²) in [6.07, 6.45) is 5.97. The van der Waals surface area contributed by atoms with E-state index < -0.39 is 0 Å². The summed E-state index contributed by atoms with van der Waals surface area (Å²) in [5, 5.41) is 8.62. The number of amides is 1. The molecule has 0 aliphatic carbocycles. The third-order valence-corrected chi connectivity index (χ3v) is 2.10. The highest BCUT2D eigenvalue weighted by atomic mass is 79.9. The summed E-state index contributed by atoms with van der Waals surface area (Å²) in [5.74, 6) is -0.272. The number of hydroxylamine groups is 1. The minimum absolute atomic E-state index is 0.272. The van der Waals surface area contributed by atoms with Gasteiger partial charge in [0.05, 0.1) is 16.1 Å². The quantitative estimate of drug-likeness (QED) is 0.334. The Hall–Kier alpha value is -0.0900. The molecule has 0 radical (unpaired) electrons. The summed E-state index contributed by atoms with van der Waals surface area (Å²) in [6, 6.07) is 0. The summed E-state index contributed by atoms with van der Waals surface area (Å²) >= 11 is 2.66. The van der Waals surface area contributed by atoms with Crippen LogP contribution in [-0.4, -0.2) is 15.2 Å². The predicted octanol–water partition coefficient (Wildman–Crippen LogP) is 2.87. The van der Waals surface area contributed by atoms with Gasteiger partial charge in [-0.1, -0.05) is 32.6 Å². The molecule has 0 saturated carbocycles. The van der Waals surface area contributed by atoms with E-state index in [4.69, 9.17) is 5.21 Å². The van der Waals surface area contributed by atoms with Gasteiger partial charge in [-0.15, -0.1) is 0 Å². The number of hydrogen-bond acceptors (Lipinski definition) is 2. The zero-order chi connectivity index (χ0) is 9.40. The number of carbonyl (C=O) groups is 1. The topological polar surface area (TPSA) is 40.5 Å². The maximum absolute atomic E-state index is 10.8. The molecule has 12 heavy (non-hydrogen) atoms. The second-order valence-corrected chi connectivity index (χ2v) is 3.49. The molecule has 0 aromatic heterocycles. The largest absolute Gasteiger partial charge is 0.275 e. The van der Waals surface area contributed by atoms with Crippen molar-refractivity contribution in [3.8, 4) is 0 Å². The van der Waals surface area contributed by atoms with Crippen molar-refractivity contribution in [2.24, 2.45) is 0 Å². The molecule has 0 rings (SSSR count). The van der Waals surface area contributed by atoms with Gasteiger partial charge in [-0.25, -0.2) is 0 Å². The zero-order valence-electron chi connectivity index (χ0n) is 7.42. The molecule has 0 aliphatic heterocycles. The zero-order valence-corrected chi connectivity index (χ0v) is 9.01. The third-order valence-electron chi connectivity index (χ3n) is 1.70. The van der Waals surface area contributed by atoms with Crippen molar-refractivity contribution in [2.45, 2.75) is 45.4 Å². The van der Waals surface area contributed by atoms with Crippen molar-refractivity contribution in [1.29, 1.82) is 0 Å². The maximum atomic E-state index is 10.8. The molecule has 4 heteroatoms. The SMILES string of the molecule is CCCCCCCC(=O)N(O)Br. The van der Waals surface area contributed by atoms with Crippen LogP contribution in [-0.2, 0) is 4.79 Å². The Labute approximate surface area is 82.0 Å². The standard InChI is InChI=1S/C8H16BrNO2/c1-2-3-4-5-6-7-8(11)10(9)12/h12H,2-7H2,1H3. The molecular weight excluding hydrogens is 222 g/mol. The van der Waals surface area contributed by atoms with E-state index in [1.165, 1.54) is 19.3 Å². The predicted molar refractivity (Wildman–Crippen MR) is 50.9 cm³/mol. The first kappa shape index (κ1) is 11.9. The number of hydrogen-bond donors (Lipinski definition) is 1. The molecule has 0 heterocycles.